The molecule has 5 heteroatoms. The van der Waals surface area contributed by atoms with E-state index >= 15 is 0 Å². The van der Waals surface area contributed by atoms with Crippen molar-refractivity contribution < 1.29 is 4.74 Å². The van der Waals surface area contributed by atoms with Gasteiger partial charge in [0.05, 0.1) is 12.3 Å². The lowest BCUT2D eigenvalue weighted by atomic mass is 9.95. The molecule has 3 aromatic rings. The Morgan fingerprint density at radius 1 is 1.13 bits per heavy atom. The zero-order valence-electron chi connectivity index (χ0n) is 18.2. The van der Waals surface area contributed by atoms with Crippen molar-refractivity contribution in [1.82, 2.24) is 15.1 Å². The molecule has 5 nitrogen and oxygen atoms in total. The zero-order chi connectivity index (χ0) is 21.5. The van der Waals surface area contributed by atoms with E-state index in [1.165, 1.54) is 23.9 Å². The Bertz CT molecular complexity index is 1020. The minimum Gasteiger partial charge on any atom is -0.494 e. The normalized spacial score (nSPS) is 16.2. The number of hydrogen-bond acceptors (Lipinski definition) is 4. The SMILES string of the molecule is Cn1nc(-c2ccc(OCCCC3CCCNC3)cc2)cc(Cc2ccccc2)c1=O. The lowest BCUT2D eigenvalue weighted by Gasteiger charge is -2.22. The molecule has 31 heavy (non-hydrogen) atoms. The van der Waals surface area contributed by atoms with Crippen LogP contribution >= 0.6 is 0 Å². The van der Waals surface area contributed by atoms with E-state index in [0.29, 0.717) is 6.42 Å². The Kier molecular flexibility index (Phi) is 7.15. The lowest BCUT2D eigenvalue weighted by Crippen LogP contribution is -2.29. The summed E-state index contributed by atoms with van der Waals surface area (Å²) >= 11 is 0. The number of nitrogens with one attached hydrogen (secondary N) is 1. The smallest absolute Gasteiger partial charge is 0.270 e. The molecular formula is C26H31N3O2. The third-order valence-electron chi connectivity index (χ3n) is 5.95. The molecular weight excluding hydrogens is 386 g/mol. The molecule has 1 N–H and O–H groups in total. The van der Waals surface area contributed by atoms with Gasteiger partial charge in [-0.15, -0.1) is 0 Å². The highest BCUT2D eigenvalue weighted by atomic mass is 16.5. The molecule has 1 saturated heterocycles. The average molecular weight is 418 g/mol. The average Bonchev–Trinajstić information content (AvgIpc) is 2.81. The van der Waals surface area contributed by atoms with E-state index in [1.54, 1.807) is 7.05 Å². The van der Waals surface area contributed by atoms with Crippen molar-refractivity contribution in [3.05, 3.63) is 82.1 Å². The van der Waals surface area contributed by atoms with Crippen molar-refractivity contribution in [3.8, 4) is 17.0 Å². The molecule has 1 aliphatic rings. The molecule has 0 amide bonds. The topological polar surface area (TPSA) is 56.1 Å². The monoisotopic (exact) mass is 417 g/mol. The molecule has 1 fully saturated rings. The number of nitrogens with zero attached hydrogens (tertiary/aromatic N) is 2. The third kappa shape index (κ3) is 5.82. The summed E-state index contributed by atoms with van der Waals surface area (Å²) in [5.74, 6) is 1.67. The summed E-state index contributed by atoms with van der Waals surface area (Å²) in [6.45, 7) is 3.06. The molecule has 2 heterocycles. The maximum atomic E-state index is 12.5. The number of aryl methyl sites for hydroxylation is 1. The van der Waals surface area contributed by atoms with Crippen LogP contribution in [0.1, 0.15) is 36.8 Å². The van der Waals surface area contributed by atoms with Crippen LogP contribution in [0.3, 0.4) is 0 Å². The first-order chi connectivity index (χ1) is 15.2. The van der Waals surface area contributed by atoms with Crippen LogP contribution in [-0.2, 0) is 13.5 Å². The first-order valence-electron chi connectivity index (χ1n) is 11.2. The van der Waals surface area contributed by atoms with E-state index in [1.807, 2.05) is 60.7 Å². The molecule has 1 unspecified atom stereocenters. The van der Waals surface area contributed by atoms with Gasteiger partial charge in [-0.2, -0.15) is 5.10 Å². The summed E-state index contributed by atoms with van der Waals surface area (Å²) in [6, 6.07) is 20.0. The summed E-state index contributed by atoms with van der Waals surface area (Å²) in [7, 11) is 1.71. The first kappa shape index (κ1) is 21.3. The van der Waals surface area contributed by atoms with Crippen molar-refractivity contribution in [3.63, 3.8) is 0 Å². The highest BCUT2D eigenvalue weighted by Gasteiger charge is 2.12. The lowest BCUT2D eigenvalue weighted by molar-refractivity contribution is 0.275. The molecule has 0 radical (unpaired) electrons. The van der Waals surface area contributed by atoms with Crippen LogP contribution in [0.25, 0.3) is 11.3 Å². The zero-order valence-corrected chi connectivity index (χ0v) is 18.2. The van der Waals surface area contributed by atoms with Gasteiger partial charge in [-0.1, -0.05) is 30.3 Å². The summed E-state index contributed by atoms with van der Waals surface area (Å²) in [5, 5.41) is 7.93. The maximum absolute atomic E-state index is 12.5. The number of hydrogen-bond donors (Lipinski definition) is 1. The summed E-state index contributed by atoms with van der Waals surface area (Å²) in [5.41, 5.74) is 3.58. The van der Waals surface area contributed by atoms with E-state index in [9.17, 15) is 4.79 Å². The first-order valence-corrected chi connectivity index (χ1v) is 11.2. The molecule has 0 bridgehead atoms. The Balaban J connectivity index is 1.38. The second-order valence-electron chi connectivity index (χ2n) is 8.37. The quantitative estimate of drug-likeness (QED) is 0.558. The summed E-state index contributed by atoms with van der Waals surface area (Å²) in [4.78, 5) is 12.5. The van der Waals surface area contributed by atoms with Gasteiger partial charge in [-0.25, -0.2) is 4.68 Å². The maximum Gasteiger partial charge on any atom is 0.270 e. The van der Waals surface area contributed by atoms with Crippen LogP contribution in [-0.4, -0.2) is 29.5 Å². The van der Waals surface area contributed by atoms with Gasteiger partial charge < -0.3 is 10.1 Å². The van der Waals surface area contributed by atoms with Crippen LogP contribution in [0.15, 0.2) is 65.5 Å². The van der Waals surface area contributed by atoms with Gasteiger partial charge in [0, 0.05) is 24.6 Å². The fraction of sp³-hybridized carbons (Fsp3) is 0.385. The minimum atomic E-state index is -0.0549. The van der Waals surface area contributed by atoms with Crippen LogP contribution in [0, 0.1) is 5.92 Å². The van der Waals surface area contributed by atoms with E-state index in [2.05, 4.69) is 10.4 Å². The number of piperidine rings is 1. The second kappa shape index (κ2) is 10.4. The standard InChI is InChI=1S/C26H31N3O2/c1-29-26(30)23(17-20-7-3-2-4-8-20)18-25(28-29)22-11-13-24(14-12-22)31-16-6-10-21-9-5-15-27-19-21/h2-4,7-8,11-14,18,21,27H,5-6,9-10,15-17,19H2,1H3. The summed E-state index contributed by atoms with van der Waals surface area (Å²) < 4.78 is 7.37. The van der Waals surface area contributed by atoms with E-state index in [-0.39, 0.29) is 5.56 Å². The highest BCUT2D eigenvalue weighted by molar-refractivity contribution is 5.60. The molecule has 0 aliphatic carbocycles. The van der Waals surface area contributed by atoms with Gasteiger partial charge in [0.1, 0.15) is 5.75 Å². The summed E-state index contributed by atoms with van der Waals surface area (Å²) in [6.07, 6.45) is 5.52. The Morgan fingerprint density at radius 3 is 2.68 bits per heavy atom. The Morgan fingerprint density at radius 2 is 1.94 bits per heavy atom. The predicted octanol–water partition coefficient (Wildman–Crippen LogP) is 4.20. The van der Waals surface area contributed by atoms with Gasteiger partial charge in [0.25, 0.3) is 5.56 Å². The van der Waals surface area contributed by atoms with Crippen LogP contribution in [0.4, 0.5) is 0 Å². The van der Waals surface area contributed by atoms with Crippen molar-refractivity contribution in [2.75, 3.05) is 19.7 Å². The number of ether oxygens (including phenoxy) is 1. The minimum absolute atomic E-state index is 0.0549. The Labute approximate surface area is 184 Å². The van der Waals surface area contributed by atoms with E-state index in [0.717, 1.165) is 60.2 Å². The predicted molar refractivity (Wildman–Crippen MR) is 124 cm³/mol. The van der Waals surface area contributed by atoms with Crippen molar-refractivity contribution >= 4 is 0 Å². The van der Waals surface area contributed by atoms with Crippen LogP contribution in [0.5, 0.6) is 5.75 Å². The molecule has 0 spiro atoms. The van der Waals surface area contributed by atoms with Crippen LogP contribution in [0.2, 0.25) is 0 Å². The van der Waals surface area contributed by atoms with Gasteiger partial charge in [0.2, 0.25) is 0 Å². The largest absolute Gasteiger partial charge is 0.494 e. The van der Waals surface area contributed by atoms with Crippen LogP contribution < -0.4 is 15.6 Å². The van der Waals surface area contributed by atoms with Crippen molar-refractivity contribution in [2.45, 2.75) is 32.1 Å². The molecule has 0 saturated carbocycles. The van der Waals surface area contributed by atoms with Gasteiger partial charge in [0.15, 0.2) is 0 Å². The van der Waals surface area contributed by atoms with Crippen molar-refractivity contribution in [1.29, 1.82) is 0 Å². The van der Waals surface area contributed by atoms with Gasteiger partial charge >= 0.3 is 0 Å². The number of rotatable bonds is 8. The highest BCUT2D eigenvalue weighted by Crippen LogP contribution is 2.22. The number of aromatic nitrogens is 2. The molecule has 1 aromatic heterocycles. The fourth-order valence-corrected chi connectivity index (χ4v) is 4.21. The third-order valence-corrected chi connectivity index (χ3v) is 5.95. The molecule has 4 rings (SSSR count). The fourth-order valence-electron chi connectivity index (χ4n) is 4.21. The van der Waals surface area contributed by atoms with Crippen molar-refractivity contribution in [2.24, 2.45) is 13.0 Å². The van der Waals surface area contributed by atoms with E-state index < -0.39 is 0 Å². The number of benzene rings is 2. The molecule has 162 valence electrons. The van der Waals surface area contributed by atoms with Gasteiger partial charge in [-0.3, -0.25) is 4.79 Å². The molecule has 1 atom stereocenters. The second-order valence-corrected chi connectivity index (χ2v) is 8.37. The molecule has 2 aromatic carbocycles. The molecule has 1 aliphatic heterocycles. The van der Waals surface area contributed by atoms with Gasteiger partial charge in [-0.05, 0) is 80.6 Å². The van der Waals surface area contributed by atoms with E-state index in [4.69, 9.17) is 4.74 Å². The Hall–Kier alpha value is -2.92.